The summed E-state index contributed by atoms with van der Waals surface area (Å²) in [5.74, 6) is 1.30. The number of nitrogens with one attached hydrogen (secondary N) is 1. The number of ether oxygens (including phenoxy) is 2. The van der Waals surface area contributed by atoms with Crippen LogP contribution in [0.25, 0.3) is 11.1 Å². The monoisotopic (exact) mass is 361 g/mol. The Kier molecular flexibility index (Phi) is 6.47. The van der Waals surface area contributed by atoms with Crippen molar-refractivity contribution in [3.63, 3.8) is 0 Å². The minimum Gasteiger partial charge on any atom is -0.491 e. The SMILES string of the molecule is CC(Oc1ccccc1)C(=O)NCCOc1ccccc1-c1ccccc1. The van der Waals surface area contributed by atoms with E-state index in [1.807, 2.05) is 84.9 Å². The third-order valence-corrected chi connectivity index (χ3v) is 4.06. The lowest BCUT2D eigenvalue weighted by Gasteiger charge is -2.15. The average Bonchev–Trinajstić information content (AvgIpc) is 2.72. The van der Waals surface area contributed by atoms with Gasteiger partial charge in [-0.25, -0.2) is 0 Å². The Hall–Kier alpha value is -3.27. The van der Waals surface area contributed by atoms with Crippen molar-refractivity contribution in [1.82, 2.24) is 5.32 Å². The molecule has 0 heterocycles. The van der Waals surface area contributed by atoms with Gasteiger partial charge in [0.1, 0.15) is 18.1 Å². The molecule has 27 heavy (non-hydrogen) atoms. The highest BCUT2D eigenvalue weighted by atomic mass is 16.5. The molecule has 0 fully saturated rings. The van der Waals surface area contributed by atoms with Gasteiger partial charge in [-0.3, -0.25) is 4.79 Å². The van der Waals surface area contributed by atoms with E-state index in [4.69, 9.17) is 9.47 Å². The summed E-state index contributed by atoms with van der Waals surface area (Å²) in [5, 5.41) is 2.84. The van der Waals surface area contributed by atoms with Crippen molar-refractivity contribution in [2.24, 2.45) is 0 Å². The minimum atomic E-state index is -0.566. The van der Waals surface area contributed by atoms with Crippen LogP contribution in [-0.2, 0) is 4.79 Å². The first-order valence-corrected chi connectivity index (χ1v) is 9.01. The van der Waals surface area contributed by atoms with Gasteiger partial charge in [0, 0.05) is 5.56 Å². The predicted octanol–water partition coefficient (Wildman–Crippen LogP) is 4.32. The molecule has 1 amide bonds. The van der Waals surface area contributed by atoms with E-state index in [-0.39, 0.29) is 5.91 Å². The molecule has 3 aromatic carbocycles. The fraction of sp³-hybridized carbons (Fsp3) is 0.174. The lowest BCUT2D eigenvalue weighted by atomic mass is 10.1. The number of hydrogen-bond donors (Lipinski definition) is 1. The zero-order chi connectivity index (χ0) is 18.9. The minimum absolute atomic E-state index is 0.168. The van der Waals surface area contributed by atoms with Crippen LogP contribution in [0.2, 0.25) is 0 Å². The maximum absolute atomic E-state index is 12.2. The fourth-order valence-corrected chi connectivity index (χ4v) is 2.68. The highest BCUT2D eigenvalue weighted by molar-refractivity contribution is 5.80. The fourth-order valence-electron chi connectivity index (χ4n) is 2.68. The lowest BCUT2D eigenvalue weighted by Crippen LogP contribution is -2.38. The Morgan fingerprint density at radius 3 is 2.26 bits per heavy atom. The van der Waals surface area contributed by atoms with Crippen LogP contribution < -0.4 is 14.8 Å². The molecule has 3 rings (SSSR count). The molecule has 0 spiro atoms. The van der Waals surface area contributed by atoms with Crippen LogP contribution in [0.4, 0.5) is 0 Å². The highest BCUT2D eigenvalue weighted by Gasteiger charge is 2.14. The van der Waals surface area contributed by atoms with Gasteiger partial charge < -0.3 is 14.8 Å². The summed E-state index contributed by atoms with van der Waals surface area (Å²) in [6.07, 6.45) is -0.566. The van der Waals surface area contributed by atoms with E-state index in [2.05, 4.69) is 5.32 Å². The molecule has 0 aromatic heterocycles. The molecule has 0 radical (unpaired) electrons. The maximum atomic E-state index is 12.2. The number of hydrogen-bond acceptors (Lipinski definition) is 3. The Bertz CT molecular complexity index is 850. The highest BCUT2D eigenvalue weighted by Crippen LogP contribution is 2.29. The second kappa shape index (κ2) is 9.43. The molecule has 0 saturated carbocycles. The molecule has 0 aliphatic heterocycles. The zero-order valence-corrected chi connectivity index (χ0v) is 15.3. The molecular formula is C23H23NO3. The van der Waals surface area contributed by atoms with Crippen molar-refractivity contribution in [2.45, 2.75) is 13.0 Å². The van der Waals surface area contributed by atoms with Gasteiger partial charge in [-0.05, 0) is 30.7 Å². The third kappa shape index (κ3) is 5.35. The standard InChI is InChI=1S/C23H23NO3/c1-18(27-20-12-6-3-7-13-20)23(25)24-16-17-26-22-15-9-8-14-21(22)19-10-4-2-5-11-19/h2-15,18H,16-17H2,1H3,(H,24,25). The normalized spacial score (nSPS) is 11.4. The molecule has 1 atom stereocenters. The molecule has 0 aliphatic carbocycles. The Balaban J connectivity index is 1.49. The summed E-state index contributed by atoms with van der Waals surface area (Å²) in [6.45, 7) is 2.52. The molecule has 138 valence electrons. The van der Waals surface area contributed by atoms with Gasteiger partial charge in [0.25, 0.3) is 5.91 Å². The summed E-state index contributed by atoms with van der Waals surface area (Å²) in [7, 11) is 0. The van der Waals surface area contributed by atoms with Crippen molar-refractivity contribution in [3.05, 3.63) is 84.9 Å². The van der Waals surface area contributed by atoms with Crippen LogP contribution in [0, 0.1) is 0 Å². The zero-order valence-electron chi connectivity index (χ0n) is 15.3. The van der Waals surface area contributed by atoms with Crippen molar-refractivity contribution in [1.29, 1.82) is 0 Å². The lowest BCUT2D eigenvalue weighted by molar-refractivity contribution is -0.127. The van der Waals surface area contributed by atoms with E-state index >= 15 is 0 Å². The molecular weight excluding hydrogens is 338 g/mol. The second-order valence-electron chi connectivity index (χ2n) is 6.07. The summed E-state index contributed by atoms with van der Waals surface area (Å²) in [6, 6.07) is 27.3. The van der Waals surface area contributed by atoms with Crippen LogP contribution in [0.15, 0.2) is 84.9 Å². The van der Waals surface area contributed by atoms with Gasteiger partial charge in [-0.15, -0.1) is 0 Å². The summed E-state index contributed by atoms with van der Waals surface area (Å²) in [5.41, 5.74) is 2.13. The third-order valence-electron chi connectivity index (χ3n) is 4.06. The van der Waals surface area contributed by atoms with E-state index in [9.17, 15) is 4.79 Å². The molecule has 3 aromatic rings. The quantitative estimate of drug-likeness (QED) is 0.608. The van der Waals surface area contributed by atoms with Crippen molar-refractivity contribution >= 4 is 5.91 Å². The smallest absolute Gasteiger partial charge is 0.260 e. The molecule has 0 saturated heterocycles. The van der Waals surface area contributed by atoms with E-state index in [0.717, 1.165) is 16.9 Å². The van der Waals surface area contributed by atoms with Crippen LogP contribution in [0.1, 0.15) is 6.92 Å². The van der Waals surface area contributed by atoms with Crippen LogP contribution in [0.3, 0.4) is 0 Å². The number of para-hydroxylation sites is 2. The molecule has 1 N–H and O–H groups in total. The van der Waals surface area contributed by atoms with Gasteiger partial charge in [0.2, 0.25) is 0 Å². The van der Waals surface area contributed by atoms with Gasteiger partial charge in [0.05, 0.1) is 6.54 Å². The van der Waals surface area contributed by atoms with Crippen molar-refractivity contribution in [3.8, 4) is 22.6 Å². The molecule has 1 unspecified atom stereocenters. The van der Waals surface area contributed by atoms with E-state index in [1.165, 1.54) is 0 Å². The van der Waals surface area contributed by atoms with Crippen LogP contribution >= 0.6 is 0 Å². The summed E-state index contributed by atoms with van der Waals surface area (Å²) < 4.78 is 11.5. The Morgan fingerprint density at radius 2 is 1.52 bits per heavy atom. The van der Waals surface area contributed by atoms with Gasteiger partial charge in [0.15, 0.2) is 6.10 Å². The maximum Gasteiger partial charge on any atom is 0.260 e. The average molecular weight is 361 g/mol. The van der Waals surface area contributed by atoms with Gasteiger partial charge >= 0.3 is 0 Å². The largest absolute Gasteiger partial charge is 0.491 e. The number of carbonyl (C=O) groups excluding carboxylic acids is 1. The number of carbonyl (C=O) groups is 1. The second-order valence-corrected chi connectivity index (χ2v) is 6.07. The van der Waals surface area contributed by atoms with Crippen molar-refractivity contribution in [2.75, 3.05) is 13.2 Å². The van der Waals surface area contributed by atoms with Gasteiger partial charge in [-0.1, -0.05) is 66.7 Å². The molecule has 0 aliphatic rings. The first-order valence-electron chi connectivity index (χ1n) is 9.01. The molecule has 4 heteroatoms. The van der Waals surface area contributed by atoms with E-state index in [0.29, 0.717) is 18.9 Å². The summed E-state index contributed by atoms with van der Waals surface area (Å²) >= 11 is 0. The van der Waals surface area contributed by atoms with Crippen LogP contribution in [-0.4, -0.2) is 25.2 Å². The van der Waals surface area contributed by atoms with Crippen molar-refractivity contribution < 1.29 is 14.3 Å². The molecule has 4 nitrogen and oxygen atoms in total. The number of amides is 1. The van der Waals surface area contributed by atoms with E-state index in [1.54, 1.807) is 6.92 Å². The van der Waals surface area contributed by atoms with E-state index < -0.39 is 6.10 Å². The number of benzene rings is 3. The topological polar surface area (TPSA) is 47.6 Å². The Labute approximate surface area is 159 Å². The van der Waals surface area contributed by atoms with Gasteiger partial charge in [-0.2, -0.15) is 0 Å². The van der Waals surface area contributed by atoms with Crippen LogP contribution in [0.5, 0.6) is 11.5 Å². The first kappa shape index (κ1) is 18.5. The Morgan fingerprint density at radius 1 is 0.889 bits per heavy atom. The predicted molar refractivity (Wildman–Crippen MR) is 107 cm³/mol. The first-order chi connectivity index (χ1) is 13.2. The summed E-state index contributed by atoms with van der Waals surface area (Å²) in [4.78, 5) is 12.2. The molecule has 0 bridgehead atoms. The number of rotatable bonds is 8.